The van der Waals surface area contributed by atoms with Gasteiger partial charge in [0.25, 0.3) is 0 Å². The van der Waals surface area contributed by atoms with Crippen molar-refractivity contribution in [1.82, 2.24) is 5.32 Å². The Kier molecular flexibility index (Phi) is 21.2. The van der Waals surface area contributed by atoms with Gasteiger partial charge in [0.05, 0.1) is 0 Å². The SMILES string of the molecule is CCCCC.CCCCCCNC. The molecule has 0 rings (SSSR count). The molecule has 0 aromatic rings. The minimum absolute atomic E-state index is 1.18. The first-order valence-corrected chi connectivity index (χ1v) is 5.97. The van der Waals surface area contributed by atoms with Crippen LogP contribution in [0.3, 0.4) is 0 Å². The van der Waals surface area contributed by atoms with Gasteiger partial charge in [0.2, 0.25) is 0 Å². The molecule has 0 saturated heterocycles. The number of hydrogen-bond acceptors (Lipinski definition) is 1. The molecule has 1 heteroatoms. The summed E-state index contributed by atoms with van der Waals surface area (Å²) in [6, 6.07) is 0. The van der Waals surface area contributed by atoms with Crippen LogP contribution in [0.5, 0.6) is 0 Å². The van der Waals surface area contributed by atoms with E-state index in [1.807, 2.05) is 7.05 Å². The molecule has 0 unspecified atom stereocenters. The molecule has 0 aliphatic carbocycles. The van der Waals surface area contributed by atoms with Crippen LogP contribution in [0.1, 0.15) is 65.7 Å². The van der Waals surface area contributed by atoms with Crippen molar-refractivity contribution < 1.29 is 0 Å². The molecule has 0 amide bonds. The maximum atomic E-state index is 3.13. The van der Waals surface area contributed by atoms with Gasteiger partial charge in [-0.3, -0.25) is 0 Å². The van der Waals surface area contributed by atoms with Crippen molar-refractivity contribution in [3.8, 4) is 0 Å². The minimum atomic E-state index is 1.18. The summed E-state index contributed by atoms with van der Waals surface area (Å²) >= 11 is 0. The summed E-state index contributed by atoms with van der Waals surface area (Å²) in [4.78, 5) is 0. The Labute approximate surface area is 85.3 Å². The van der Waals surface area contributed by atoms with E-state index in [9.17, 15) is 0 Å². The Balaban J connectivity index is 0. The predicted octanol–water partition coefficient (Wildman–Crippen LogP) is 3.98. The molecule has 0 spiro atoms. The topological polar surface area (TPSA) is 12.0 Å². The maximum Gasteiger partial charge on any atom is -0.00519 e. The zero-order valence-electron chi connectivity index (χ0n) is 10.2. The fourth-order valence-electron chi connectivity index (χ4n) is 1.08. The summed E-state index contributed by atoms with van der Waals surface area (Å²) in [5.74, 6) is 0. The van der Waals surface area contributed by atoms with E-state index in [0.717, 1.165) is 0 Å². The second kappa shape index (κ2) is 17.9. The van der Waals surface area contributed by atoms with E-state index in [-0.39, 0.29) is 0 Å². The van der Waals surface area contributed by atoms with Crippen LogP contribution in [-0.4, -0.2) is 13.6 Å². The predicted molar refractivity (Wildman–Crippen MR) is 63.3 cm³/mol. The highest BCUT2D eigenvalue weighted by atomic mass is 14.8. The summed E-state index contributed by atoms with van der Waals surface area (Å²) in [5, 5.41) is 3.13. The highest BCUT2D eigenvalue weighted by Crippen LogP contribution is 1.96. The van der Waals surface area contributed by atoms with Gasteiger partial charge in [-0.1, -0.05) is 59.3 Å². The van der Waals surface area contributed by atoms with Gasteiger partial charge in [-0.05, 0) is 20.0 Å². The van der Waals surface area contributed by atoms with Gasteiger partial charge in [-0.25, -0.2) is 0 Å². The summed E-state index contributed by atoms with van der Waals surface area (Å²) in [7, 11) is 2.01. The molecule has 0 heterocycles. The molecule has 1 N–H and O–H groups in total. The van der Waals surface area contributed by atoms with Crippen LogP contribution in [0.2, 0.25) is 0 Å². The van der Waals surface area contributed by atoms with Crippen LogP contribution in [-0.2, 0) is 0 Å². The molecule has 0 aliphatic rings. The third kappa shape index (κ3) is 24.5. The highest BCUT2D eigenvalue weighted by molar-refractivity contribution is 4.41. The van der Waals surface area contributed by atoms with Gasteiger partial charge >= 0.3 is 0 Å². The van der Waals surface area contributed by atoms with E-state index in [1.54, 1.807) is 0 Å². The second-order valence-electron chi connectivity index (χ2n) is 3.52. The lowest BCUT2D eigenvalue weighted by Crippen LogP contribution is -2.06. The fourth-order valence-corrected chi connectivity index (χ4v) is 1.08. The van der Waals surface area contributed by atoms with Crippen LogP contribution in [0, 0.1) is 0 Å². The minimum Gasteiger partial charge on any atom is -0.320 e. The quantitative estimate of drug-likeness (QED) is 0.594. The van der Waals surface area contributed by atoms with Gasteiger partial charge in [0.1, 0.15) is 0 Å². The number of nitrogens with one attached hydrogen (secondary N) is 1. The zero-order valence-corrected chi connectivity index (χ0v) is 10.2. The third-order valence-corrected chi connectivity index (χ3v) is 1.99. The molecule has 0 saturated carbocycles. The van der Waals surface area contributed by atoms with Crippen molar-refractivity contribution in [1.29, 1.82) is 0 Å². The molecule has 0 radical (unpaired) electrons. The molecular formula is C12H29N. The molecule has 0 aromatic heterocycles. The Morgan fingerprint density at radius 1 is 0.692 bits per heavy atom. The van der Waals surface area contributed by atoms with Crippen molar-refractivity contribution in [3.63, 3.8) is 0 Å². The van der Waals surface area contributed by atoms with Gasteiger partial charge in [-0.2, -0.15) is 0 Å². The van der Waals surface area contributed by atoms with Gasteiger partial charge in [-0.15, -0.1) is 0 Å². The Morgan fingerprint density at radius 2 is 1.23 bits per heavy atom. The monoisotopic (exact) mass is 187 g/mol. The van der Waals surface area contributed by atoms with Crippen LogP contribution >= 0.6 is 0 Å². The lowest BCUT2D eigenvalue weighted by Gasteiger charge is -1.95. The van der Waals surface area contributed by atoms with Crippen molar-refractivity contribution in [2.75, 3.05) is 13.6 Å². The third-order valence-electron chi connectivity index (χ3n) is 1.99. The van der Waals surface area contributed by atoms with E-state index in [4.69, 9.17) is 0 Å². The van der Waals surface area contributed by atoms with Crippen LogP contribution < -0.4 is 5.32 Å². The van der Waals surface area contributed by atoms with Crippen LogP contribution in [0.4, 0.5) is 0 Å². The summed E-state index contributed by atoms with van der Waals surface area (Å²) < 4.78 is 0. The van der Waals surface area contributed by atoms with Gasteiger partial charge in [0, 0.05) is 0 Å². The molecule has 0 aliphatic heterocycles. The standard InChI is InChI=1S/C7H17N.C5H12/c1-3-4-5-6-7-8-2;1-3-5-4-2/h8H,3-7H2,1-2H3;3-5H2,1-2H3. The van der Waals surface area contributed by atoms with Crippen molar-refractivity contribution >= 4 is 0 Å². The maximum absolute atomic E-state index is 3.13. The zero-order chi connectivity index (χ0) is 10.4. The molecule has 13 heavy (non-hydrogen) atoms. The van der Waals surface area contributed by atoms with Gasteiger partial charge in [0.15, 0.2) is 0 Å². The normalized spacial score (nSPS) is 9.23. The van der Waals surface area contributed by atoms with E-state index >= 15 is 0 Å². The summed E-state index contributed by atoms with van der Waals surface area (Å²) in [6.07, 6.45) is 9.53. The molecule has 0 aromatic carbocycles. The first-order valence-electron chi connectivity index (χ1n) is 5.97. The van der Waals surface area contributed by atoms with E-state index in [2.05, 4.69) is 26.1 Å². The first kappa shape index (κ1) is 15.4. The Bertz CT molecular complexity index is 54.1. The first-order chi connectivity index (χ1) is 6.33. The van der Waals surface area contributed by atoms with Crippen molar-refractivity contribution in [3.05, 3.63) is 0 Å². The number of hydrogen-bond donors (Lipinski definition) is 1. The fraction of sp³-hybridized carbons (Fsp3) is 1.00. The van der Waals surface area contributed by atoms with E-state index in [1.165, 1.54) is 51.5 Å². The van der Waals surface area contributed by atoms with Crippen LogP contribution in [0.25, 0.3) is 0 Å². The molecule has 1 nitrogen and oxygen atoms in total. The number of unbranched alkanes of at least 4 members (excludes halogenated alkanes) is 5. The highest BCUT2D eigenvalue weighted by Gasteiger charge is 1.82. The molecule has 82 valence electrons. The molecule has 0 bridgehead atoms. The lowest BCUT2D eigenvalue weighted by molar-refractivity contribution is 0.634. The summed E-state index contributed by atoms with van der Waals surface area (Å²) in [5.41, 5.74) is 0. The Morgan fingerprint density at radius 3 is 1.54 bits per heavy atom. The average molecular weight is 187 g/mol. The molecule has 0 fully saturated rings. The largest absolute Gasteiger partial charge is 0.320 e. The second-order valence-corrected chi connectivity index (χ2v) is 3.52. The molecular weight excluding hydrogens is 158 g/mol. The van der Waals surface area contributed by atoms with Gasteiger partial charge < -0.3 is 5.32 Å². The molecule has 0 atom stereocenters. The summed E-state index contributed by atoms with van der Waals surface area (Å²) in [6.45, 7) is 7.84. The Hall–Kier alpha value is -0.0400. The van der Waals surface area contributed by atoms with Crippen molar-refractivity contribution in [2.45, 2.75) is 65.7 Å². The lowest BCUT2D eigenvalue weighted by atomic mass is 10.2. The smallest absolute Gasteiger partial charge is 0.00519 e. The van der Waals surface area contributed by atoms with Crippen molar-refractivity contribution in [2.24, 2.45) is 0 Å². The average Bonchev–Trinajstić information content (AvgIpc) is 2.15. The van der Waals surface area contributed by atoms with Crippen LogP contribution in [0.15, 0.2) is 0 Å². The van der Waals surface area contributed by atoms with E-state index < -0.39 is 0 Å². The van der Waals surface area contributed by atoms with E-state index in [0.29, 0.717) is 0 Å². The number of rotatable bonds is 7.